The lowest BCUT2D eigenvalue weighted by Gasteiger charge is -2.02. The van der Waals surface area contributed by atoms with Crippen molar-refractivity contribution in [3.8, 4) is 0 Å². The molecule has 2 aromatic heterocycles. The van der Waals surface area contributed by atoms with Gasteiger partial charge >= 0.3 is 0 Å². The van der Waals surface area contributed by atoms with Crippen molar-refractivity contribution in [2.24, 2.45) is 0 Å². The van der Waals surface area contributed by atoms with Gasteiger partial charge in [-0.2, -0.15) is 5.10 Å². The first kappa shape index (κ1) is 8.74. The van der Waals surface area contributed by atoms with Crippen molar-refractivity contribution < 1.29 is 0 Å². The molecule has 0 aliphatic rings. The third kappa shape index (κ3) is 1.59. The molecule has 0 amide bonds. The fourth-order valence-corrected chi connectivity index (χ4v) is 1.30. The van der Waals surface area contributed by atoms with Gasteiger partial charge in [0, 0.05) is 12.7 Å². The zero-order valence-corrected chi connectivity index (χ0v) is 7.96. The number of nitrogen functional groups attached to an aromatic ring is 1. The molecule has 0 aromatic carbocycles. The number of aromatic nitrogens is 5. The molecular weight excluding hydrogens is 180 g/mol. The highest BCUT2D eigenvalue weighted by atomic mass is 15.3. The summed E-state index contributed by atoms with van der Waals surface area (Å²) in [6.07, 6.45) is 5.01. The van der Waals surface area contributed by atoms with Crippen LogP contribution in [0.5, 0.6) is 0 Å². The maximum absolute atomic E-state index is 5.50. The Labute approximate surface area is 81.4 Å². The fraction of sp³-hybridized carbons (Fsp3) is 0.375. The summed E-state index contributed by atoms with van der Waals surface area (Å²) in [6.45, 7) is 3.50. The summed E-state index contributed by atoms with van der Waals surface area (Å²) in [4.78, 5) is 8.09. The first-order valence-electron chi connectivity index (χ1n) is 4.43. The van der Waals surface area contributed by atoms with Gasteiger partial charge in [0.2, 0.25) is 0 Å². The highest BCUT2D eigenvalue weighted by Crippen LogP contribution is 2.01. The molecule has 0 atom stereocenters. The highest BCUT2D eigenvalue weighted by Gasteiger charge is 2.03. The van der Waals surface area contributed by atoms with Crippen LogP contribution in [0.2, 0.25) is 0 Å². The van der Waals surface area contributed by atoms with Gasteiger partial charge in [-0.05, 0) is 6.92 Å². The first-order chi connectivity index (χ1) is 6.79. The zero-order valence-electron chi connectivity index (χ0n) is 7.96. The maximum atomic E-state index is 5.50. The van der Waals surface area contributed by atoms with Crippen LogP contribution < -0.4 is 5.73 Å². The van der Waals surface area contributed by atoms with E-state index in [1.807, 2.05) is 16.2 Å². The quantitative estimate of drug-likeness (QED) is 0.749. The summed E-state index contributed by atoms with van der Waals surface area (Å²) in [5.41, 5.74) is 5.50. The van der Waals surface area contributed by atoms with Crippen LogP contribution in [-0.2, 0) is 13.1 Å². The van der Waals surface area contributed by atoms with Gasteiger partial charge in [-0.15, -0.1) is 0 Å². The number of hydrogen-bond donors (Lipinski definition) is 1. The van der Waals surface area contributed by atoms with Crippen LogP contribution in [0.4, 0.5) is 5.82 Å². The topological polar surface area (TPSA) is 74.5 Å². The maximum Gasteiger partial charge on any atom is 0.146 e. The van der Waals surface area contributed by atoms with E-state index >= 15 is 0 Å². The zero-order chi connectivity index (χ0) is 9.97. The van der Waals surface area contributed by atoms with E-state index in [0.717, 1.165) is 12.4 Å². The molecule has 0 unspecified atom stereocenters. The molecule has 0 radical (unpaired) electrons. The van der Waals surface area contributed by atoms with E-state index in [2.05, 4.69) is 15.1 Å². The van der Waals surface area contributed by atoms with Crippen LogP contribution in [0.3, 0.4) is 0 Å². The van der Waals surface area contributed by atoms with Crippen LogP contribution in [-0.4, -0.2) is 24.3 Å². The molecule has 6 heteroatoms. The molecule has 0 aliphatic heterocycles. The lowest BCUT2D eigenvalue weighted by Crippen LogP contribution is -2.07. The second-order valence-corrected chi connectivity index (χ2v) is 2.96. The average Bonchev–Trinajstić information content (AvgIpc) is 2.76. The van der Waals surface area contributed by atoms with Crippen LogP contribution in [0.15, 0.2) is 18.9 Å². The Balaban J connectivity index is 2.18. The molecule has 14 heavy (non-hydrogen) atoms. The fourth-order valence-electron chi connectivity index (χ4n) is 1.30. The van der Waals surface area contributed by atoms with Crippen LogP contribution in [0, 0.1) is 0 Å². The Hall–Kier alpha value is -1.85. The predicted octanol–water partition coefficient (Wildman–Crippen LogP) is 0.125. The molecule has 74 valence electrons. The Morgan fingerprint density at radius 3 is 2.93 bits per heavy atom. The number of nitrogens with two attached hydrogens (primary N) is 1. The normalized spacial score (nSPS) is 10.6. The van der Waals surface area contributed by atoms with Gasteiger partial charge in [-0.1, -0.05) is 0 Å². The number of imidazole rings is 1. The Kier molecular flexibility index (Phi) is 2.18. The molecule has 0 saturated carbocycles. The minimum absolute atomic E-state index is 0.521. The van der Waals surface area contributed by atoms with Gasteiger partial charge in [-0.3, -0.25) is 0 Å². The summed E-state index contributed by atoms with van der Waals surface area (Å²) < 4.78 is 3.72. The molecule has 0 fully saturated rings. The SMILES string of the molecule is CCn1ncnc1Cn1cnc(N)c1. The molecule has 0 saturated heterocycles. The third-order valence-electron chi connectivity index (χ3n) is 1.97. The van der Waals surface area contributed by atoms with Crippen molar-refractivity contribution in [2.75, 3.05) is 5.73 Å². The standard InChI is InChI=1S/C8H12N6/c1-2-14-8(10-5-12-14)4-13-3-7(9)11-6-13/h3,5-6H,2,4,9H2,1H3. The largest absolute Gasteiger partial charge is 0.382 e. The summed E-state index contributed by atoms with van der Waals surface area (Å²) in [5.74, 6) is 1.43. The van der Waals surface area contributed by atoms with Crippen molar-refractivity contribution >= 4 is 5.82 Å². The van der Waals surface area contributed by atoms with E-state index < -0.39 is 0 Å². The Morgan fingerprint density at radius 2 is 2.29 bits per heavy atom. The van der Waals surface area contributed by atoms with Crippen molar-refractivity contribution in [1.29, 1.82) is 0 Å². The van der Waals surface area contributed by atoms with E-state index in [1.165, 1.54) is 0 Å². The molecule has 2 N–H and O–H groups in total. The van der Waals surface area contributed by atoms with Crippen molar-refractivity contribution in [2.45, 2.75) is 20.0 Å². The summed E-state index contributed by atoms with van der Waals surface area (Å²) in [6, 6.07) is 0. The van der Waals surface area contributed by atoms with E-state index in [-0.39, 0.29) is 0 Å². The van der Waals surface area contributed by atoms with E-state index in [4.69, 9.17) is 5.73 Å². The van der Waals surface area contributed by atoms with Crippen LogP contribution in [0.25, 0.3) is 0 Å². The van der Waals surface area contributed by atoms with Gasteiger partial charge in [0.25, 0.3) is 0 Å². The number of anilines is 1. The van der Waals surface area contributed by atoms with E-state index in [9.17, 15) is 0 Å². The Morgan fingerprint density at radius 1 is 1.43 bits per heavy atom. The smallest absolute Gasteiger partial charge is 0.146 e. The lowest BCUT2D eigenvalue weighted by molar-refractivity contribution is 0.592. The predicted molar refractivity (Wildman–Crippen MR) is 51.4 cm³/mol. The molecule has 2 heterocycles. The van der Waals surface area contributed by atoms with Crippen molar-refractivity contribution in [3.05, 3.63) is 24.7 Å². The summed E-state index contributed by atoms with van der Waals surface area (Å²) in [5, 5.41) is 4.08. The minimum atomic E-state index is 0.521. The van der Waals surface area contributed by atoms with E-state index in [0.29, 0.717) is 12.4 Å². The van der Waals surface area contributed by atoms with Gasteiger partial charge in [0.05, 0.1) is 12.9 Å². The number of nitrogens with zero attached hydrogens (tertiary/aromatic N) is 5. The summed E-state index contributed by atoms with van der Waals surface area (Å²) >= 11 is 0. The second-order valence-electron chi connectivity index (χ2n) is 2.96. The number of rotatable bonds is 3. The van der Waals surface area contributed by atoms with Gasteiger partial charge in [0.1, 0.15) is 18.0 Å². The van der Waals surface area contributed by atoms with Gasteiger partial charge < -0.3 is 10.3 Å². The van der Waals surface area contributed by atoms with Crippen LogP contribution >= 0.6 is 0 Å². The molecule has 0 aliphatic carbocycles. The number of hydrogen-bond acceptors (Lipinski definition) is 4. The molecule has 0 bridgehead atoms. The monoisotopic (exact) mass is 192 g/mol. The highest BCUT2D eigenvalue weighted by molar-refractivity contribution is 5.22. The number of aryl methyl sites for hydroxylation is 1. The summed E-state index contributed by atoms with van der Waals surface area (Å²) in [7, 11) is 0. The average molecular weight is 192 g/mol. The van der Waals surface area contributed by atoms with Crippen molar-refractivity contribution in [3.63, 3.8) is 0 Å². The first-order valence-corrected chi connectivity index (χ1v) is 4.43. The second kappa shape index (κ2) is 3.49. The third-order valence-corrected chi connectivity index (χ3v) is 1.97. The van der Waals surface area contributed by atoms with Gasteiger partial charge in [0.15, 0.2) is 0 Å². The van der Waals surface area contributed by atoms with Gasteiger partial charge in [-0.25, -0.2) is 14.6 Å². The van der Waals surface area contributed by atoms with E-state index in [1.54, 1.807) is 18.9 Å². The van der Waals surface area contributed by atoms with Crippen molar-refractivity contribution in [1.82, 2.24) is 24.3 Å². The lowest BCUT2D eigenvalue weighted by atomic mass is 10.5. The molecular formula is C8H12N6. The Bertz CT molecular complexity index is 415. The van der Waals surface area contributed by atoms with Crippen LogP contribution in [0.1, 0.15) is 12.7 Å². The molecule has 6 nitrogen and oxygen atoms in total. The molecule has 2 aromatic rings. The minimum Gasteiger partial charge on any atom is -0.382 e. The molecule has 2 rings (SSSR count). The molecule has 0 spiro atoms.